The van der Waals surface area contributed by atoms with E-state index in [9.17, 15) is 9.90 Å². The molecule has 1 rings (SSSR count). The number of carbonyl (C=O) groups is 1. The van der Waals surface area contributed by atoms with Crippen LogP contribution in [-0.4, -0.2) is 24.5 Å². The molecule has 4 heteroatoms. The van der Waals surface area contributed by atoms with Gasteiger partial charge in [-0.25, -0.2) is 4.79 Å². The summed E-state index contributed by atoms with van der Waals surface area (Å²) in [5.41, 5.74) is 0.322. The number of methoxy groups -OCH3 is 1. The van der Waals surface area contributed by atoms with E-state index < -0.39 is 12.3 Å². The van der Waals surface area contributed by atoms with Gasteiger partial charge in [0.15, 0.2) is 6.29 Å². The lowest BCUT2D eigenvalue weighted by molar-refractivity contribution is -0.136. The SMILES string of the molecule is C=C(CCC(O)Oc1ccccc1)C(=O)OC. The number of carbonyl (C=O) groups excluding carboxylic acids is 1. The molecule has 0 saturated carbocycles. The Labute approximate surface area is 100 Å². The first-order valence-corrected chi connectivity index (χ1v) is 5.29. The summed E-state index contributed by atoms with van der Waals surface area (Å²) in [4.78, 5) is 11.0. The highest BCUT2D eigenvalue weighted by Crippen LogP contribution is 2.14. The van der Waals surface area contributed by atoms with Crippen molar-refractivity contribution in [1.82, 2.24) is 0 Å². The van der Waals surface area contributed by atoms with Gasteiger partial charge in [-0.3, -0.25) is 0 Å². The van der Waals surface area contributed by atoms with Crippen LogP contribution in [0.2, 0.25) is 0 Å². The molecule has 1 atom stereocenters. The molecule has 17 heavy (non-hydrogen) atoms. The maximum Gasteiger partial charge on any atom is 0.333 e. The fourth-order valence-corrected chi connectivity index (χ4v) is 1.26. The number of ether oxygens (including phenoxy) is 2. The minimum Gasteiger partial charge on any atom is -0.466 e. The summed E-state index contributed by atoms with van der Waals surface area (Å²) in [6.07, 6.45) is -0.331. The van der Waals surface area contributed by atoms with Crippen molar-refractivity contribution in [2.75, 3.05) is 7.11 Å². The second-order valence-corrected chi connectivity index (χ2v) is 3.52. The average molecular weight is 236 g/mol. The summed E-state index contributed by atoms with van der Waals surface area (Å²) in [7, 11) is 1.30. The largest absolute Gasteiger partial charge is 0.466 e. The maximum atomic E-state index is 11.0. The summed E-state index contributed by atoms with van der Waals surface area (Å²) >= 11 is 0. The van der Waals surface area contributed by atoms with Crippen molar-refractivity contribution in [3.05, 3.63) is 42.5 Å². The molecule has 0 amide bonds. The number of aliphatic hydroxyl groups excluding tert-OH is 1. The highest BCUT2D eigenvalue weighted by molar-refractivity contribution is 5.87. The third-order valence-electron chi connectivity index (χ3n) is 2.18. The summed E-state index contributed by atoms with van der Waals surface area (Å²) < 4.78 is 9.74. The normalized spacial score (nSPS) is 11.6. The van der Waals surface area contributed by atoms with E-state index in [4.69, 9.17) is 4.74 Å². The molecule has 0 heterocycles. The van der Waals surface area contributed by atoms with E-state index in [0.29, 0.717) is 24.2 Å². The Morgan fingerprint density at radius 1 is 1.41 bits per heavy atom. The van der Waals surface area contributed by atoms with Gasteiger partial charge in [-0.15, -0.1) is 0 Å². The van der Waals surface area contributed by atoms with Gasteiger partial charge in [0.05, 0.1) is 7.11 Å². The van der Waals surface area contributed by atoms with E-state index in [1.165, 1.54) is 7.11 Å². The van der Waals surface area contributed by atoms with E-state index in [1.54, 1.807) is 12.1 Å². The fraction of sp³-hybridized carbons (Fsp3) is 0.308. The summed E-state index contributed by atoms with van der Waals surface area (Å²) in [5.74, 6) is 0.126. The number of rotatable bonds is 6. The van der Waals surface area contributed by atoms with Gasteiger partial charge in [0.2, 0.25) is 0 Å². The Morgan fingerprint density at radius 3 is 2.65 bits per heavy atom. The predicted octanol–water partition coefficient (Wildman–Crippen LogP) is 1.89. The van der Waals surface area contributed by atoms with Crippen LogP contribution in [0.25, 0.3) is 0 Å². The molecule has 0 aliphatic heterocycles. The number of hydrogen-bond donors (Lipinski definition) is 1. The van der Waals surface area contributed by atoms with Crippen LogP contribution in [-0.2, 0) is 9.53 Å². The molecule has 0 saturated heterocycles. The Hall–Kier alpha value is -1.81. The summed E-state index contributed by atoms with van der Waals surface area (Å²) in [6.45, 7) is 3.56. The standard InChI is InChI=1S/C13H16O4/c1-10(13(15)16-2)8-9-12(14)17-11-6-4-3-5-7-11/h3-7,12,14H,1,8-9H2,2H3. The molecule has 0 aromatic heterocycles. The van der Waals surface area contributed by atoms with Crippen LogP contribution in [0.5, 0.6) is 5.75 Å². The highest BCUT2D eigenvalue weighted by atomic mass is 16.6. The van der Waals surface area contributed by atoms with Crippen molar-refractivity contribution < 1.29 is 19.4 Å². The van der Waals surface area contributed by atoms with Crippen molar-refractivity contribution in [2.24, 2.45) is 0 Å². The average Bonchev–Trinajstić information content (AvgIpc) is 2.36. The second kappa shape index (κ2) is 6.70. The topological polar surface area (TPSA) is 55.8 Å². The molecular weight excluding hydrogens is 220 g/mol. The van der Waals surface area contributed by atoms with Crippen molar-refractivity contribution in [1.29, 1.82) is 0 Å². The monoisotopic (exact) mass is 236 g/mol. The zero-order chi connectivity index (χ0) is 12.7. The lowest BCUT2D eigenvalue weighted by atomic mass is 10.1. The zero-order valence-electron chi connectivity index (χ0n) is 9.76. The molecule has 0 spiro atoms. The van der Waals surface area contributed by atoms with Gasteiger partial charge in [-0.1, -0.05) is 24.8 Å². The predicted molar refractivity (Wildman–Crippen MR) is 63.5 cm³/mol. The third-order valence-corrected chi connectivity index (χ3v) is 2.18. The number of hydrogen-bond acceptors (Lipinski definition) is 4. The molecule has 0 aliphatic rings. The first kappa shape index (κ1) is 13.3. The molecule has 1 aromatic carbocycles. The van der Waals surface area contributed by atoms with Crippen molar-refractivity contribution in [3.63, 3.8) is 0 Å². The van der Waals surface area contributed by atoms with Gasteiger partial charge in [-0.05, 0) is 18.6 Å². The van der Waals surface area contributed by atoms with Gasteiger partial charge < -0.3 is 14.6 Å². The Morgan fingerprint density at radius 2 is 2.06 bits per heavy atom. The number of esters is 1. The quantitative estimate of drug-likeness (QED) is 0.465. The molecule has 1 aromatic rings. The lowest BCUT2D eigenvalue weighted by Crippen LogP contribution is -2.16. The number of benzene rings is 1. The first-order chi connectivity index (χ1) is 8.13. The minimum absolute atomic E-state index is 0.294. The van der Waals surface area contributed by atoms with E-state index in [1.807, 2.05) is 18.2 Å². The molecule has 0 radical (unpaired) electrons. The molecule has 0 aliphatic carbocycles. The van der Waals surface area contributed by atoms with Crippen molar-refractivity contribution in [3.8, 4) is 5.75 Å². The summed E-state index contributed by atoms with van der Waals surface area (Å²) in [6, 6.07) is 8.99. The van der Waals surface area contributed by atoms with Gasteiger partial charge in [0.25, 0.3) is 0 Å². The zero-order valence-corrected chi connectivity index (χ0v) is 9.76. The molecule has 1 N–H and O–H groups in total. The molecule has 92 valence electrons. The molecule has 1 unspecified atom stereocenters. The Balaban J connectivity index is 2.33. The van der Waals surface area contributed by atoms with Crippen LogP contribution in [0.4, 0.5) is 0 Å². The minimum atomic E-state index is -0.959. The van der Waals surface area contributed by atoms with Crippen LogP contribution < -0.4 is 4.74 Å². The number of para-hydroxylation sites is 1. The van der Waals surface area contributed by atoms with E-state index in [-0.39, 0.29) is 0 Å². The first-order valence-electron chi connectivity index (χ1n) is 5.29. The summed E-state index contributed by atoms with van der Waals surface area (Å²) in [5, 5.41) is 9.59. The smallest absolute Gasteiger partial charge is 0.333 e. The van der Waals surface area contributed by atoms with E-state index in [0.717, 1.165) is 0 Å². The molecule has 0 fully saturated rings. The van der Waals surface area contributed by atoms with Crippen molar-refractivity contribution >= 4 is 5.97 Å². The van der Waals surface area contributed by atoms with Crippen LogP contribution >= 0.6 is 0 Å². The van der Waals surface area contributed by atoms with Crippen LogP contribution in [0.3, 0.4) is 0 Å². The second-order valence-electron chi connectivity index (χ2n) is 3.52. The maximum absolute atomic E-state index is 11.0. The van der Waals surface area contributed by atoms with Crippen LogP contribution in [0.1, 0.15) is 12.8 Å². The van der Waals surface area contributed by atoms with Crippen LogP contribution in [0, 0.1) is 0 Å². The van der Waals surface area contributed by atoms with Crippen molar-refractivity contribution in [2.45, 2.75) is 19.1 Å². The Bertz CT molecular complexity index is 372. The van der Waals surface area contributed by atoms with Gasteiger partial charge in [0, 0.05) is 12.0 Å². The number of aliphatic hydroxyl groups is 1. The van der Waals surface area contributed by atoms with Gasteiger partial charge >= 0.3 is 5.97 Å². The van der Waals surface area contributed by atoms with Gasteiger partial charge in [0.1, 0.15) is 5.75 Å². The highest BCUT2D eigenvalue weighted by Gasteiger charge is 2.11. The van der Waals surface area contributed by atoms with Crippen LogP contribution in [0.15, 0.2) is 42.5 Å². The third kappa shape index (κ3) is 4.70. The van der Waals surface area contributed by atoms with E-state index in [2.05, 4.69) is 11.3 Å². The van der Waals surface area contributed by atoms with E-state index >= 15 is 0 Å². The molecule has 4 nitrogen and oxygen atoms in total. The Kier molecular flexibility index (Phi) is 5.23. The fourth-order valence-electron chi connectivity index (χ4n) is 1.26. The molecular formula is C13H16O4. The lowest BCUT2D eigenvalue weighted by Gasteiger charge is -2.13. The molecule has 0 bridgehead atoms. The van der Waals surface area contributed by atoms with Gasteiger partial charge in [-0.2, -0.15) is 0 Å².